The Kier molecular flexibility index (Phi) is 8.96. The van der Waals surface area contributed by atoms with Gasteiger partial charge in [0.1, 0.15) is 11.5 Å². The molecular weight excluding hydrogens is 404 g/mol. The van der Waals surface area contributed by atoms with Crippen LogP contribution in [0.2, 0.25) is 0 Å². The maximum atomic E-state index is 12.6. The SMILES string of the molecule is CCCOc1ccc(NC(=O)C2CCC(C(=O)Nc3ccc(OCCC)cc3)CC2)cc1. The van der Waals surface area contributed by atoms with Crippen LogP contribution in [-0.2, 0) is 9.59 Å². The van der Waals surface area contributed by atoms with E-state index in [1.54, 1.807) is 0 Å². The van der Waals surface area contributed by atoms with Gasteiger partial charge in [0.15, 0.2) is 0 Å². The van der Waals surface area contributed by atoms with Crippen LogP contribution in [0.1, 0.15) is 52.4 Å². The van der Waals surface area contributed by atoms with Crippen LogP contribution in [0.4, 0.5) is 11.4 Å². The van der Waals surface area contributed by atoms with Crippen LogP contribution in [0.15, 0.2) is 48.5 Å². The molecule has 1 fully saturated rings. The van der Waals surface area contributed by atoms with Crippen molar-refractivity contribution >= 4 is 23.2 Å². The molecule has 2 aromatic carbocycles. The maximum Gasteiger partial charge on any atom is 0.227 e. The average molecular weight is 439 g/mol. The fourth-order valence-electron chi connectivity index (χ4n) is 3.82. The minimum atomic E-state index is -0.0648. The van der Waals surface area contributed by atoms with Crippen molar-refractivity contribution in [3.63, 3.8) is 0 Å². The molecule has 0 saturated heterocycles. The highest BCUT2D eigenvalue weighted by molar-refractivity contribution is 5.94. The second-order valence-corrected chi connectivity index (χ2v) is 8.27. The van der Waals surface area contributed by atoms with Gasteiger partial charge in [0, 0.05) is 23.2 Å². The summed E-state index contributed by atoms with van der Waals surface area (Å²) in [6.07, 6.45) is 4.77. The Balaban J connectivity index is 1.42. The topological polar surface area (TPSA) is 76.7 Å². The van der Waals surface area contributed by atoms with Gasteiger partial charge < -0.3 is 20.1 Å². The Bertz CT molecular complexity index is 783. The molecule has 0 bridgehead atoms. The number of rotatable bonds is 10. The molecule has 0 aliphatic heterocycles. The number of hydrogen-bond acceptors (Lipinski definition) is 4. The molecule has 6 heteroatoms. The lowest BCUT2D eigenvalue weighted by Crippen LogP contribution is -2.32. The predicted octanol–water partition coefficient (Wildman–Crippen LogP) is 5.65. The monoisotopic (exact) mass is 438 g/mol. The summed E-state index contributed by atoms with van der Waals surface area (Å²) in [6.45, 7) is 5.49. The molecule has 0 unspecified atom stereocenters. The highest BCUT2D eigenvalue weighted by Crippen LogP contribution is 2.31. The Morgan fingerprint density at radius 3 is 1.34 bits per heavy atom. The van der Waals surface area contributed by atoms with Crippen LogP contribution in [0.5, 0.6) is 11.5 Å². The van der Waals surface area contributed by atoms with Gasteiger partial charge in [0.05, 0.1) is 13.2 Å². The van der Waals surface area contributed by atoms with Gasteiger partial charge in [-0.3, -0.25) is 9.59 Å². The van der Waals surface area contributed by atoms with Gasteiger partial charge in [-0.1, -0.05) is 13.8 Å². The molecule has 2 amide bonds. The molecule has 1 aliphatic rings. The Hall–Kier alpha value is -3.02. The van der Waals surface area contributed by atoms with Gasteiger partial charge in [-0.25, -0.2) is 0 Å². The zero-order valence-corrected chi connectivity index (χ0v) is 19.1. The molecular formula is C26H34N2O4. The number of amides is 2. The highest BCUT2D eigenvalue weighted by Gasteiger charge is 2.30. The summed E-state index contributed by atoms with van der Waals surface area (Å²) in [7, 11) is 0. The summed E-state index contributed by atoms with van der Waals surface area (Å²) in [4.78, 5) is 25.3. The van der Waals surface area contributed by atoms with Crippen molar-refractivity contribution in [3.8, 4) is 11.5 Å². The van der Waals surface area contributed by atoms with Crippen LogP contribution in [0, 0.1) is 11.8 Å². The van der Waals surface area contributed by atoms with Crippen LogP contribution >= 0.6 is 0 Å². The normalized spacial score (nSPS) is 17.9. The van der Waals surface area contributed by atoms with E-state index in [1.165, 1.54) is 0 Å². The Morgan fingerprint density at radius 1 is 0.688 bits per heavy atom. The Morgan fingerprint density at radius 2 is 1.03 bits per heavy atom. The van der Waals surface area contributed by atoms with Crippen LogP contribution in [0.25, 0.3) is 0 Å². The molecule has 0 radical (unpaired) electrons. The fraction of sp³-hybridized carbons (Fsp3) is 0.462. The molecule has 3 rings (SSSR count). The lowest BCUT2D eigenvalue weighted by atomic mass is 9.81. The van der Waals surface area contributed by atoms with Crippen molar-refractivity contribution in [1.29, 1.82) is 0 Å². The van der Waals surface area contributed by atoms with Crippen molar-refractivity contribution in [2.24, 2.45) is 11.8 Å². The van der Waals surface area contributed by atoms with E-state index in [-0.39, 0.29) is 23.7 Å². The minimum absolute atomic E-state index is 0.0220. The molecule has 2 N–H and O–H groups in total. The quantitative estimate of drug-likeness (QED) is 0.503. The number of anilines is 2. The van der Waals surface area contributed by atoms with Crippen molar-refractivity contribution < 1.29 is 19.1 Å². The van der Waals surface area contributed by atoms with Crippen molar-refractivity contribution in [3.05, 3.63) is 48.5 Å². The third-order valence-corrected chi connectivity index (χ3v) is 5.66. The van der Waals surface area contributed by atoms with E-state index in [9.17, 15) is 9.59 Å². The zero-order chi connectivity index (χ0) is 22.8. The number of nitrogens with one attached hydrogen (secondary N) is 2. The summed E-state index contributed by atoms with van der Waals surface area (Å²) in [5.74, 6) is 1.52. The smallest absolute Gasteiger partial charge is 0.227 e. The van der Waals surface area contributed by atoms with E-state index in [2.05, 4.69) is 24.5 Å². The molecule has 6 nitrogen and oxygen atoms in total. The van der Waals surface area contributed by atoms with Gasteiger partial charge in [-0.2, -0.15) is 0 Å². The maximum absolute atomic E-state index is 12.6. The number of carbonyl (C=O) groups is 2. The molecule has 0 spiro atoms. The molecule has 0 atom stereocenters. The zero-order valence-electron chi connectivity index (χ0n) is 19.1. The predicted molar refractivity (Wildman–Crippen MR) is 127 cm³/mol. The van der Waals surface area contributed by atoms with Crippen LogP contribution in [0.3, 0.4) is 0 Å². The first kappa shape index (κ1) is 23.6. The molecule has 0 aromatic heterocycles. The van der Waals surface area contributed by atoms with Gasteiger partial charge in [0.25, 0.3) is 0 Å². The molecule has 1 saturated carbocycles. The number of ether oxygens (including phenoxy) is 2. The lowest BCUT2D eigenvalue weighted by Gasteiger charge is -2.27. The molecule has 0 heterocycles. The average Bonchev–Trinajstić information content (AvgIpc) is 2.83. The van der Waals surface area contributed by atoms with Gasteiger partial charge in [-0.15, -0.1) is 0 Å². The highest BCUT2D eigenvalue weighted by atomic mass is 16.5. The van der Waals surface area contributed by atoms with E-state index >= 15 is 0 Å². The third-order valence-electron chi connectivity index (χ3n) is 5.66. The summed E-state index contributed by atoms with van der Waals surface area (Å²) >= 11 is 0. The van der Waals surface area contributed by atoms with E-state index in [1.807, 2.05) is 48.5 Å². The number of benzene rings is 2. The number of hydrogen-bond donors (Lipinski definition) is 2. The first-order valence-electron chi connectivity index (χ1n) is 11.7. The van der Waals surface area contributed by atoms with Crippen molar-refractivity contribution in [2.75, 3.05) is 23.8 Å². The summed E-state index contributed by atoms with van der Waals surface area (Å²) < 4.78 is 11.1. The van der Waals surface area contributed by atoms with Crippen LogP contribution < -0.4 is 20.1 Å². The fourth-order valence-corrected chi connectivity index (χ4v) is 3.82. The van der Waals surface area contributed by atoms with Crippen molar-refractivity contribution in [1.82, 2.24) is 0 Å². The summed E-state index contributed by atoms with van der Waals surface area (Å²) in [5, 5.41) is 5.98. The van der Waals surface area contributed by atoms with E-state index in [0.29, 0.717) is 38.9 Å². The summed E-state index contributed by atoms with van der Waals surface area (Å²) in [5.41, 5.74) is 1.54. The van der Waals surface area contributed by atoms with Gasteiger partial charge in [0.2, 0.25) is 11.8 Å². The second kappa shape index (κ2) is 12.1. The number of carbonyl (C=O) groups excluding carboxylic acids is 2. The van der Waals surface area contributed by atoms with Crippen molar-refractivity contribution in [2.45, 2.75) is 52.4 Å². The third kappa shape index (κ3) is 7.01. The molecule has 1 aliphatic carbocycles. The Labute approximate surface area is 190 Å². The van der Waals surface area contributed by atoms with E-state index in [0.717, 1.165) is 35.7 Å². The van der Waals surface area contributed by atoms with Gasteiger partial charge >= 0.3 is 0 Å². The first-order chi connectivity index (χ1) is 15.6. The first-order valence-corrected chi connectivity index (χ1v) is 11.7. The van der Waals surface area contributed by atoms with Gasteiger partial charge in [-0.05, 0) is 87.1 Å². The van der Waals surface area contributed by atoms with E-state index < -0.39 is 0 Å². The molecule has 172 valence electrons. The minimum Gasteiger partial charge on any atom is -0.494 e. The second-order valence-electron chi connectivity index (χ2n) is 8.27. The largest absolute Gasteiger partial charge is 0.494 e. The van der Waals surface area contributed by atoms with Crippen LogP contribution in [-0.4, -0.2) is 25.0 Å². The molecule has 2 aromatic rings. The molecule has 32 heavy (non-hydrogen) atoms. The standard InChI is InChI=1S/C26H34N2O4/c1-3-17-31-23-13-9-21(10-14-23)27-25(29)19-5-7-20(8-6-19)26(30)28-22-11-15-24(16-12-22)32-18-4-2/h9-16,19-20H,3-8,17-18H2,1-2H3,(H,27,29)(H,28,30). The summed E-state index contributed by atoms with van der Waals surface area (Å²) in [6, 6.07) is 14.9. The lowest BCUT2D eigenvalue weighted by molar-refractivity contribution is -0.125. The van der Waals surface area contributed by atoms with E-state index in [4.69, 9.17) is 9.47 Å².